The molecule has 0 fully saturated rings. The summed E-state index contributed by atoms with van der Waals surface area (Å²) >= 11 is 8.56. The number of aromatic amines is 1. The molecule has 0 aliphatic carbocycles. The number of hydrogen-bond acceptors (Lipinski definition) is 5. The molecule has 1 aromatic carbocycles. The van der Waals surface area contributed by atoms with Gasteiger partial charge in [0.2, 0.25) is 0 Å². The summed E-state index contributed by atoms with van der Waals surface area (Å²) in [5.74, 6) is 1.24. The molecule has 1 N–H and O–H groups in total. The van der Waals surface area contributed by atoms with Crippen molar-refractivity contribution in [2.45, 2.75) is 39.4 Å². The van der Waals surface area contributed by atoms with Crippen LogP contribution in [0.25, 0.3) is 0 Å². The summed E-state index contributed by atoms with van der Waals surface area (Å²) in [6, 6.07) is 6.01. The van der Waals surface area contributed by atoms with Crippen LogP contribution >= 0.6 is 46.6 Å². The van der Waals surface area contributed by atoms with Crippen LogP contribution < -0.4 is 10.3 Å². The van der Waals surface area contributed by atoms with Crippen molar-refractivity contribution in [1.82, 2.24) is 9.97 Å². The van der Waals surface area contributed by atoms with Gasteiger partial charge in [0.25, 0.3) is 5.56 Å². The van der Waals surface area contributed by atoms with Crippen molar-refractivity contribution in [3.63, 3.8) is 0 Å². The van der Waals surface area contributed by atoms with E-state index in [0.29, 0.717) is 15.1 Å². The van der Waals surface area contributed by atoms with Gasteiger partial charge in [-0.3, -0.25) is 4.79 Å². The second-order valence-corrected chi connectivity index (χ2v) is 9.88. The quantitative estimate of drug-likeness (QED) is 0.351. The van der Waals surface area contributed by atoms with Crippen LogP contribution in [0.5, 0.6) is 11.5 Å². The number of aromatic nitrogens is 2. The molecule has 0 saturated heterocycles. The molecule has 0 radical (unpaired) electrons. The molecule has 0 bridgehead atoms. The van der Waals surface area contributed by atoms with Crippen LogP contribution in [0.4, 0.5) is 0 Å². The fraction of sp³-hybridized carbons (Fsp3) is 0.300. The molecule has 0 aliphatic rings. The smallest absolute Gasteiger partial charge is 0.265 e. The van der Waals surface area contributed by atoms with Gasteiger partial charge in [0.05, 0.1) is 15.4 Å². The van der Waals surface area contributed by atoms with E-state index in [1.54, 1.807) is 11.3 Å². The minimum absolute atomic E-state index is 0.171. The van der Waals surface area contributed by atoms with Crippen molar-refractivity contribution in [1.29, 1.82) is 0 Å². The van der Waals surface area contributed by atoms with Crippen molar-refractivity contribution in [2.24, 2.45) is 0 Å². The Morgan fingerprint density at radius 2 is 1.81 bits per heavy atom. The van der Waals surface area contributed by atoms with Crippen molar-refractivity contribution >= 4 is 46.6 Å². The van der Waals surface area contributed by atoms with Gasteiger partial charge in [-0.2, -0.15) is 12.6 Å². The van der Waals surface area contributed by atoms with E-state index in [4.69, 9.17) is 17.4 Å². The van der Waals surface area contributed by atoms with Crippen LogP contribution in [-0.2, 0) is 4.75 Å². The molecule has 0 aliphatic heterocycles. The van der Waals surface area contributed by atoms with E-state index in [1.165, 1.54) is 0 Å². The number of benzene rings is 1. The summed E-state index contributed by atoms with van der Waals surface area (Å²) in [7, 11) is 0. The Balaban J connectivity index is 2.22. The number of nitrogens with zero attached hydrogens (tertiary/aromatic N) is 1. The summed E-state index contributed by atoms with van der Waals surface area (Å²) < 4.78 is 6.06. The molecule has 2 heterocycles. The van der Waals surface area contributed by atoms with Crippen LogP contribution in [0.2, 0.25) is 0 Å². The summed E-state index contributed by atoms with van der Waals surface area (Å²) in [6.07, 6.45) is 0. The van der Waals surface area contributed by atoms with E-state index in [2.05, 4.69) is 16.0 Å². The van der Waals surface area contributed by atoms with Crippen LogP contribution in [-0.4, -0.2) is 9.97 Å². The highest BCUT2D eigenvalue weighted by Crippen LogP contribution is 2.44. The molecular weight excluding hydrogens is 491 g/mol. The van der Waals surface area contributed by atoms with E-state index in [9.17, 15) is 4.79 Å². The molecule has 7 heteroatoms. The summed E-state index contributed by atoms with van der Waals surface area (Å²) in [4.78, 5) is 20.0. The SMILES string of the molecule is Cc1cc(C)cc(Oc2c(C(C)(S)c3csc(C)n3)c(C)[nH]c(=O)c2I)c1. The molecule has 3 aromatic rings. The zero-order chi connectivity index (χ0) is 19.9. The van der Waals surface area contributed by atoms with Gasteiger partial charge in [-0.25, -0.2) is 4.98 Å². The van der Waals surface area contributed by atoms with Gasteiger partial charge in [0, 0.05) is 16.6 Å². The number of thiol groups is 1. The zero-order valence-electron chi connectivity index (χ0n) is 15.8. The Bertz CT molecular complexity index is 1050. The lowest BCUT2D eigenvalue weighted by Gasteiger charge is -2.27. The lowest BCUT2D eigenvalue weighted by molar-refractivity contribution is 0.464. The molecule has 3 rings (SSSR count). The number of pyridine rings is 1. The van der Waals surface area contributed by atoms with Crippen LogP contribution in [0.3, 0.4) is 0 Å². The number of thiazole rings is 1. The Kier molecular flexibility index (Phi) is 5.74. The molecule has 0 amide bonds. The first-order chi connectivity index (χ1) is 12.6. The van der Waals surface area contributed by atoms with Crippen LogP contribution in [0, 0.1) is 31.3 Å². The first-order valence-corrected chi connectivity index (χ1v) is 10.8. The number of nitrogens with one attached hydrogen (secondary N) is 1. The van der Waals surface area contributed by atoms with Crippen molar-refractivity contribution in [3.8, 4) is 11.5 Å². The topological polar surface area (TPSA) is 55.0 Å². The number of rotatable bonds is 4. The molecule has 1 atom stereocenters. The zero-order valence-corrected chi connectivity index (χ0v) is 19.7. The van der Waals surface area contributed by atoms with E-state index in [-0.39, 0.29) is 5.56 Å². The third-order valence-corrected chi connectivity index (χ3v) is 6.53. The largest absolute Gasteiger partial charge is 0.456 e. The standard InChI is InChI=1S/C20H21IN2O2S2/c1-10-6-11(2)8-14(7-10)25-18-16(12(3)22-19(24)17(18)21)20(5,26)15-9-27-13(4)23-15/h6-9,26H,1-5H3,(H,22,24). The predicted octanol–water partition coefficient (Wildman–Crippen LogP) is 5.66. The molecule has 1 unspecified atom stereocenters. The lowest BCUT2D eigenvalue weighted by atomic mass is 9.95. The predicted molar refractivity (Wildman–Crippen MR) is 123 cm³/mol. The Morgan fingerprint density at radius 3 is 2.37 bits per heavy atom. The van der Waals surface area contributed by atoms with Gasteiger partial charge in [-0.05, 0) is 80.5 Å². The number of aryl methyl sites for hydroxylation is 4. The number of H-pyrrole nitrogens is 1. The van der Waals surface area contributed by atoms with E-state index >= 15 is 0 Å². The summed E-state index contributed by atoms with van der Waals surface area (Å²) in [5, 5.41) is 2.97. The summed E-state index contributed by atoms with van der Waals surface area (Å²) in [5.41, 5.74) is 4.42. The molecule has 27 heavy (non-hydrogen) atoms. The third-order valence-electron chi connectivity index (χ3n) is 4.32. The number of halogens is 1. The average molecular weight is 512 g/mol. The number of hydrogen-bond donors (Lipinski definition) is 2. The van der Waals surface area contributed by atoms with Gasteiger partial charge in [0.15, 0.2) is 5.75 Å². The van der Waals surface area contributed by atoms with E-state index in [0.717, 1.165) is 33.1 Å². The molecule has 142 valence electrons. The molecular formula is C20H21IN2O2S2. The lowest BCUT2D eigenvalue weighted by Crippen LogP contribution is -2.24. The summed E-state index contributed by atoms with van der Waals surface area (Å²) in [6.45, 7) is 9.87. The van der Waals surface area contributed by atoms with Gasteiger partial charge in [0.1, 0.15) is 9.32 Å². The van der Waals surface area contributed by atoms with Crippen LogP contribution in [0.1, 0.15) is 40.0 Å². The maximum Gasteiger partial charge on any atom is 0.265 e. The van der Waals surface area contributed by atoms with Gasteiger partial charge in [-0.15, -0.1) is 11.3 Å². The molecule has 4 nitrogen and oxygen atoms in total. The third kappa shape index (κ3) is 4.09. The molecule has 2 aromatic heterocycles. The normalized spacial score (nSPS) is 13.4. The van der Waals surface area contributed by atoms with Crippen LogP contribution in [0.15, 0.2) is 28.4 Å². The maximum absolute atomic E-state index is 12.4. The minimum Gasteiger partial charge on any atom is -0.456 e. The Hall–Kier alpha value is -1.32. The molecule has 0 saturated carbocycles. The van der Waals surface area contributed by atoms with E-state index in [1.807, 2.05) is 74.7 Å². The van der Waals surface area contributed by atoms with Crippen molar-refractivity contribution in [2.75, 3.05) is 0 Å². The Labute approximate surface area is 182 Å². The minimum atomic E-state index is -0.715. The maximum atomic E-state index is 12.4. The number of ether oxygens (including phenoxy) is 1. The highest BCUT2D eigenvalue weighted by Gasteiger charge is 2.34. The van der Waals surface area contributed by atoms with Crippen molar-refractivity contribution in [3.05, 3.63) is 70.6 Å². The van der Waals surface area contributed by atoms with Gasteiger partial charge >= 0.3 is 0 Å². The second-order valence-electron chi connectivity index (χ2n) is 6.85. The highest BCUT2D eigenvalue weighted by atomic mass is 127. The van der Waals surface area contributed by atoms with Gasteiger partial charge in [-0.1, -0.05) is 6.07 Å². The second kappa shape index (κ2) is 7.60. The first-order valence-electron chi connectivity index (χ1n) is 8.43. The highest BCUT2D eigenvalue weighted by molar-refractivity contribution is 14.1. The fourth-order valence-electron chi connectivity index (χ4n) is 3.18. The molecule has 0 spiro atoms. The fourth-order valence-corrected chi connectivity index (χ4v) is 4.89. The van der Waals surface area contributed by atoms with E-state index < -0.39 is 4.75 Å². The first kappa shape index (κ1) is 20.4. The Morgan fingerprint density at radius 1 is 1.19 bits per heavy atom. The monoisotopic (exact) mass is 512 g/mol. The van der Waals surface area contributed by atoms with Crippen molar-refractivity contribution < 1.29 is 4.74 Å². The van der Waals surface area contributed by atoms with Gasteiger partial charge < -0.3 is 9.72 Å². The average Bonchev–Trinajstić information content (AvgIpc) is 2.98.